The maximum Gasteiger partial charge on any atom is 0.446 e. The van der Waals surface area contributed by atoms with Gasteiger partial charge in [0.15, 0.2) is 11.6 Å². The van der Waals surface area contributed by atoms with Gasteiger partial charge in [0.25, 0.3) is 0 Å². The van der Waals surface area contributed by atoms with E-state index in [1.165, 1.54) is 12.1 Å². The van der Waals surface area contributed by atoms with E-state index < -0.39 is 24.4 Å². The largest absolute Gasteiger partial charge is 0.482 e. The van der Waals surface area contributed by atoms with Crippen LogP contribution in [-0.2, 0) is 4.79 Å². The summed E-state index contributed by atoms with van der Waals surface area (Å²) in [6, 6.07) is 4.66. The van der Waals surface area contributed by atoms with Crippen molar-refractivity contribution >= 4 is 35.3 Å². The van der Waals surface area contributed by atoms with Crippen LogP contribution in [-0.4, -0.2) is 27.2 Å². The molecule has 0 bridgehead atoms. The van der Waals surface area contributed by atoms with Crippen molar-refractivity contribution in [2.24, 2.45) is 0 Å². The molecule has 0 radical (unpaired) electrons. The number of pyridine rings is 1. The number of aromatic nitrogens is 3. The van der Waals surface area contributed by atoms with Gasteiger partial charge in [-0.15, -0.1) is 0 Å². The second-order valence-corrected chi connectivity index (χ2v) is 7.87. The smallest absolute Gasteiger partial charge is 0.446 e. The van der Waals surface area contributed by atoms with E-state index in [1.54, 1.807) is 25.4 Å². The number of nitrogens with two attached hydrogens (primary N) is 1. The molecule has 0 aliphatic heterocycles. The van der Waals surface area contributed by atoms with Crippen LogP contribution in [0.3, 0.4) is 0 Å². The maximum absolute atomic E-state index is 13.8. The summed E-state index contributed by atoms with van der Waals surface area (Å²) in [6.45, 7) is 5.80. The molecule has 178 valence electrons. The lowest BCUT2D eigenvalue weighted by molar-refractivity contribution is -0.156. The summed E-state index contributed by atoms with van der Waals surface area (Å²) in [5.41, 5.74) is 8.00. The summed E-state index contributed by atoms with van der Waals surface area (Å²) >= 11 is 12.2. The topological polar surface area (TPSA) is 83.0 Å². The van der Waals surface area contributed by atoms with Gasteiger partial charge in [0, 0.05) is 40.1 Å². The highest BCUT2D eigenvalue weighted by atomic mass is 35.5. The van der Waals surface area contributed by atoms with E-state index in [0.717, 1.165) is 11.1 Å². The number of hydrogen-bond donors (Lipinski definition) is 1. The first-order valence-electron chi connectivity index (χ1n) is 9.47. The molecular formula is C21H20Cl2F4N4O2. The first kappa shape index (κ1) is 26.4. The summed E-state index contributed by atoms with van der Waals surface area (Å²) in [7, 11) is 0. The van der Waals surface area contributed by atoms with Gasteiger partial charge in [0.05, 0.1) is 11.2 Å². The Labute approximate surface area is 197 Å². The first-order chi connectivity index (χ1) is 15.3. The molecule has 0 spiro atoms. The van der Waals surface area contributed by atoms with E-state index in [9.17, 15) is 17.6 Å². The van der Waals surface area contributed by atoms with Gasteiger partial charge in [0.1, 0.15) is 11.9 Å². The number of carbonyl (C=O) groups is 1. The molecule has 3 aromatic rings. The Morgan fingerprint density at radius 3 is 2.33 bits per heavy atom. The molecule has 0 saturated carbocycles. The second-order valence-electron chi connectivity index (χ2n) is 7.09. The fourth-order valence-corrected chi connectivity index (χ4v) is 3.32. The number of nitrogens with zero attached hydrogens (tertiary/aromatic N) is 3. The number of ether oxygens (including phenoxy) is 1. The number of halogens is 6. The Balaban J connectivity index is 0.000000569. The predicted octanol–water partition coefficient (Wildman–Crippen LogP) is 6.44. The van der Waals surface area contributed by atoms with E-state index in [4.69, 9.17) is 38.5 Å². The molecule has 1 aromatic carbocycles. The minimum absolute atomic E-state index is 0.0732. The molecule has 2 heterocycles. The minimum Gasteiger partial charge on any atom is -0.482 e. The molecule has 1 unspecified atom stereocenters. The zero-order chi connectivity index (χ0) is 24.9. The van der Waals surface area contributed by atoms with Gasteiger partial charge in [-0.05, 0) is 39.0 Å². The van der Waals surface area contributed by atoms with Crippen LogP contribution in [0.5, 0.6) is 5.75 Å². The molecule has 33 heavy (non-hydrogen) atoms. The van der Waals surface area contributed by atoms with Crippen LogP contribution >= 0.6 is 23.2 Å². The Morgan fingerprint density at radius 1 is 1.15 bits per heavy atom. The average molecular weight is 507 g/mol. The van der Waals surface area contributed by atoms with E-state index in [1.807, 2.05) is 24.7 Å². The van der Waals surface area contributed by atoms with Gasteiger partial charge in [-0.25, -0.2) is 9.37 Å². The van der Waals surface area contributed by atoms with Crippen LogP contribution in [0.1, 0.15) is 38.5 Å². The van der Waals surface area contributed by atoms with Crippen molar-refractivity contribution in [1.29, 1.82) is 0 Å². The van der Waals surface area contributed by atoms with Gasteiger partial charge in [-0.3, -0.25) is 9.48 Å². The van der Waals surface area contributed by atoms with Crippen LogP contribution in [0, 0.1) is 5.82 Å². The van der Waals surface area contributed by atoms with Crippen LogP contribution in [0.15, 0.2) is 36.8 Å². The lowest BCUT2D eigenvalue weighted by atomic mass is 10.1. The molecule has 6 nitrogen and oxygen atoms in total. The van der Waals surface area contributed by atoms with Crippen LogP contribution in [0.4, 0.5) is 23.4 Å². The maximum atomic E-state index is 13.8. The first-order valence-corrected chi connectivity index (χ1v) is 10.2. The van der Waals surface area contributed by atoms with E-state index >= 15 is 0 Å². The fraction of sp³-hybridized carbons (Fsp3) is 0.286. The molecule has 0 aliphatic rings. The van der Waals surface area contributed by atoms with Crippen molar-refractivity contribution in [3.63, 3.8) is 0 Å². The molecular weight excluding hydrogens is 487 g/mol. The Kier molecular flexibility index (Phi) is 8.68. The second kappa shape index (κ2) is 10.8. The molecule has 3 rings (SSSR count). The fourth-order valence-electron chi connectivity index (χ4n) is 2.64. The summed E-state index contributed by atoms with van der Waals surface area (Å²) < 4.78 is 52.8. The third-order valence-electron chi connectivity index (χ3n) is 4.27. The highest BCUT2D eigenvalue weighted by molar-refractivity contribution is 6.36. The molecule has 2 N–H and O–H groups in total. The quantitative estimate of drug-likeness (QED) is 0.244. The van der Waals surface area contributed by atoms with Crippen molar-refractivity contribution in [3.8, 4) is 16.9 Å². The lowest BCUT2D eigenvalue weighted by Gasteiger charge is -2.19. The minimum atomic E-state index is -4.64. The number of carbonyl (C=O) groups excluding carboxylic acids is 1. The van der Waals surface area contributed by atoms with Gasteiger partial charge >= 0.3 is 6.18 Å². The highest BCUT2D eigenvalue weighted by Gasteiger charge is 2.25. The highest BCUT2D eigenvalue weighted by Crippen LogP contribution is 2.37. The monoisotopic (exact) mass is 506 g/mol. The number of aldehydes is 1. The predicted molar refractivity (Wildman–Crippen MR) is 118 cm³/mol. The van der Waals surface area contributed by atoms with Crippen LogP contribution in [0.2, 0.25) is 10.0 Å². The number of hydrogen-bond acceptors (Lipinski definition) is 5. The number of anilines is 1. The lowest BCUT2D eigenvalue weighted by Crippen LogP contribution is -2.08. The normalized spacial score (nSPS) is 12.2. The zero-order valence-electron chi connectivity index (χ0n) is 17.7. The third-order valence-corrected chi connectivity index (χ3v) is 4.98. The number of benzene rings is 1. The molecule has 2 aromatic heterocycles. The molecule has 0 saturated heterocycles. The number of alkyl halides is 3. The Bertz CT molecular complexity index is 1120. The summed E-state index contributed by atoms with van der Waals surface area (Å²) in [4.78, 5) is 12.9. The Hall–Kier alpha value is -2.85. The van der Waals surface area contributed by atoms with Crippen molar-refractivity contribution in [2.45, 2.75) is 39.1 Å². The molecule has 1 atom stereocenters. The van der Waals surface area contributed by atoms with Gasteiger partial charge in [-0.2, -0.15) is 18.3 Å². The zero-order valence-corrected chi connectivity index (χ0v) is 19.2. The van der Waals surface area contributed by atoms with Crippen molar-refractivity contribution in [3.05, 3.63) is 58.2 Å². The van der Waals surface area contributed by atoms with Gasteiger partial charge in [-0.1, -0.05) is 23.2 Å². The van der Waals surface area contributed by atoms with Gasteiger partial charge < -0.3 is 10.5 Å². The standard InChI is InChI=1S/C19H19Cl2FN4O.C2HF3O/c1-10(2)26-9-13(8-25-26)12-6-16(19(23)24-7-12)27-11(3)17-14(20)4-5-15(22)18(17)21;3-2(4,5)1-6/h4-11H,1-3H3,(H2,23,24);1H. The Morgan fingerprint density at radius 2 is 1.79 bits per heavy atom. The number of nitrogen functional groups attached to an aromatic ring is 1. The van der Waals surface area contributed by atoms with E-state index in [2.05, 4.69) is 10.1 Å². The molecule has 12 heteroatoms. The van der Waals surface area contributed by atoms with Crippen molar-refractivity contribution in [1.82, 2.24) is 14.8 Å². The summed E-state index contributed by atoms with van der Waals surface area (Å²) in [5.74, 6) is 0.00616. The summed E-state index contributed by atoms with van der Waals surface area (Å²) in [6.07, 6.45) is -1.01. The number of rotatable bonds is 5. The molecule has 0 aliphatic carbocycles. The van der Waals surface area contributed by atoms with E-state index in [0.29, 0.717) is 16.3 Å². The summed E-state index contributed by atoms with van der Waals surface area (Å²) in [5, 5.41) is 4.57. The molecule has 0 amide bonds. The van der Waals surface area contributed by atoms with Crippen molar-refractivity contribution in [2.75, 3.05) is 5.73 Å². The van der Waals surface area contributed by atoms with Crippen LogP contribution < -0.4 is 10.5 Å². The average Bonchev–Trinajstić information content (AvgIpc) is 3.23. The van der Waals surface area contributed by atoms with Crippen molar-refractivity contribution < 1.29 is 27.1 Å². The molecule has 0 fully saturated rings. The SMILES string of the molecule is CC(Oc1cc(-c2cnn(C(C)C)c2)cnc1N)c1c(Cl)ccc(F)c1Cl.O=CC(F)(F)F. The third kappa shape index (κ3) is 7.06. The van der Waals surface area contributed by atoms with Crippen LogP contribution in [0.25, 0.3) is 11.1 Å². The van der Waals surface area contributed by atoms with Gasteiger partial charge in [0.2, 0.25) is 6.29 Å². The van der Waals surface area contributed by atoms with E-state index in [-0.39, 0.29) is 16.9 Å².